The molecule has 1 aromatic carbocycles. The minimum atomic E-state index is -4.80. The maximum Gasteiger partial charge on any atom is 1.00 e. The molecule has 0 bridgehead atoms. The van der Waals surface area contributed by atoms with Crippen molar-refractivity contribution < 1.29 is 58.0 Å². The van der Waals surface area contributed by atoms with Crippen LogP contribution in [0.3, 0.4) is 0 Å². The standard InChI is InChI=1S/C8H9O6P.Na/c1-13-8(9)6-2-4-7(5-3-6)14-15(10,11)12;/h2-5H,1H3,(H2,10,11,12);/q;+1/p-1. The molecule has 0 aromatic heterocycles. The molecule has 1 aromatic rings. The number of esters is 1. The van der Waals surface area contributed by atoms with Gasteiger partial charge in [0.05, 0.1) is 12.7 Å². The minimum Gasteiger partial charge on any atom is -0.746 e. The molecule has 0 saturated carbocycles. The van der Waals surface area contributed by atoms with E-state index >= 15 is 0 Å². The van der Waals surface area contributed by atoms with Gasteiger partial charge < -0.3 is 19.0 Å². The fourth-order valence-corrected chi connectivity index (χ4v) is 1.29. The second-order valence-corrected chi connectivity index (χ2v) is 3.70. The molecule has 16 heavy (non-hydrogen) atoms. The van der Waals surface area contributed by atoms with Gasteiger partial charge in [0, 0.05) is 0 Å². The smallest absolute Gasteiger partial charge is 0.746 e. The van der Waals surface area contributed by atoms with E-state index in [1.165, 1.54) is 31.4 Å². The number of phosphoric acid groups is 1. The van der Waals surface area contributed by atoms with Crippen molar-refractivity contribution in [2.45, 2.75) is 0 Å². The minimum absolute atomic E-state index is 0. The van der Waals surface area contributed by atoms with Crippen LogP contribution in [0, 0.1) is 0 Å². The zero-order valence-electron chi connectivity index (χ0n) is 8.75. The summed E-state index contributed by atoms with van der Waals surface area (Å²) in [6.07, 6.45) is 0. The molecule has 82 valence electrons. The Bertz CT molecular complexity index is 397. The Kier molecular flexibility index (Phi) is 6.25. The third-order valence-corrected chi connectivity index (χ3v) is 1.94. The Morgan fingerprint density at radius 3 is 2.25 bits per heavy atom. The summed E-state index contributed by atoms with van der Waals surface area (Å²) in [5, 5.41) is 0. The quantitative estimate of drug-likeness (QED) is 0.358. The molecule has 0 aliphatic heterocycles. The third-order valence-electron chi connectivity index (χ3n) is 1.50. The van der Waals surface area contributed by atoms with Crippen LogP contribution < -0.4 is 39.0 Å². The summed E-state index contributed by atoms with van der Waals surface area (Å²) in [6.45, 7) is 0. The van der Waals surface area contributed by atoms with Gasteiger partial charge in [0.15, 0.2) is 0 Å². The fraction of sp³-hybridized carbons (Fsp3) is 0.125. The van der Waals surface area contributed by atoms with Crippen LogP contribution in [0.4, 0.5) is 0 Å². The maximum atomic E-state index is 11.0. The number of ether oxygens (including phenoxy) is 1. The van der Waals surface area contributed by atoms with Gasteiger partial charge in [-0.2, -0.15) is 0 Å². The van der Waals surface area contributed by atoms with Crippen LogP contribution in [0.2, 0.25) is 0 Å². The van der Waals surface area contributed by atoms with Crippen LogP contribution in [0.1, 0.15) is 10.4 Å². The molecular formula is C8H8NaO6P. The summed E-state index contributed by atoms with van der Waals surface area (Å²) in [4.78, 5) is 29.7. The van der Waals surface area contributed by atoms with Crippen molar-refractivity contribution >= 4 is 13.8 Å². The Balaban J connectivity index is 0.00000225. The summed E-state index contributed by atoms with van der Waals surface area (Å²) in [6, 6.07) is 5.09. The molecule has 0 saturated heterocycles. The number of methoxy groups -OCH3 is 1. The van der Waals surface area contributed by atoms with Crippen LogP contribution in [0.25, 0.3) is 0 Å². The SMILES string of the molecule is COC(=O)c1ccc(OP(=O)([O-])O)cc1.[Na+]. The normalized spacial score (nSPS) is 13.2. The molecule has 1 unspecified atom stereocenters. The molecular weight excluding hydrogens is 246 g/mol. The van der Waals surface area contributed by atoms with E-state index in [9.17, 15) is 14.3 Å². The first-order chi connectivity index (χ1) is 6.92. The van der Waals surface area contributed by atoms with Gasteiger partial charge in [0.25, 0.3) is 0 Å². The second-order valence-electron chi connectivity index (χ2n) is 2.58. The van der Waals surface area contributed by atoms with Gasteiger partial charge in [-0.15, -0.1) is 0 Å². The van der Waals surface area contributed by atoms with Crippen LogP contribution in [0.15, 0.2) is 24.3 Å². The first-order valence-electron chi connectivity index (χ1n) is 3.84. The summed E-state index contributed by atoms with van der Waals surface area (Å²) >= 11 is 0. The van der Waals surface area contributed by atoms with Gasteiger partial charge in [-0.1, -0.05) is 0 Å². The van der Waals surface area contributed by atoms with Crippen molar-refractivity contribution in [3.8, 4) is 5.75 Å². The fourth-order valence-electron chi connectivity index (χ4n) is 0.903. The van der Waals surface area contributed by atoms with E-state index in [4.69, 9.17) is 4.89 Å². The van der Waals surface area contributed by atoms with Crippen LogP contribution in [0.5, 0.6) is 5.75 Å². The molecule has 1 atom stereocenters. The Morgan fingerprint density at radius 2 is 1.88 bits per heavy atom. The molecule has 0 amide bonds. The molecule has 0 radical (unpaired) electrons. The Labute approximate surface area is 114 Å². The van der Waals surface area contributed by atoms with Crippen LogP contribution >= 0.6 is 7.82 Å². The molecule has 0 spiro atoms. The van der Waals surface area contributed by atoms with Crippen molar-refractivity contribution in [2.24, 2.45) is 0 Å². The Morgan fingerprint density at radius 1 is 1.38 bits per heavy atom. The van der Waals surface area contributed by atoms with Crippen LogP contribution in [-0.2, 0) is 9.30 Å². The summed E-state index contributed by atoms with van der Waals surface area (Å²) in [5.41, 5.74) is 0.253. The van der Waals surface area contributed by atoms with E-state index in [0.29, 0.717) is 0 Å². The number of rotatable bonds is 3. The van der Waals surface area contributed by atoms with E-state index < -0.39 is 13.8 Å². The molecule has 6 nitrogen and oxygen atoms in total. The van der Waals surface area contributed by atoms with Gasteiger partial charge in [-0.05, 0) is 24.3 Å². The van der Waals surface area contributed by atoms with Gasteiger partial charge in [0.2, 0.25) is 0 Å². The Hall–Kier alpha value is -0.360. The van der Waals surface area contributed by atoms with Gasteiger partial charge in [-0.25, -0.2) is 4.79 Å². The monoisotopic (exact) mass is 254 g/mol. The predicted octanol–water partition coefficient (Wildman–Crippen LogP) is -2.68. The van der Waals surface area contributed by atoms with E-state index in [-0.39, 0.29) is 40.9 Å². The number of carbonyl (C=O) groups is 1. The van der Waals surface area contributed by atoms with Crippen molar-refractivity contribution in [3.05, 3.63) is 29.8 Å². The summed E-state index contributed by atoms with van der Waals surface area (Å²) in [5.74, 6) is -0.626. The molecule has 0 aliphatic carbocycles. The van der Waals surface area contributed by atoms with Crippen LogP contribution in [-0.4, -0.2) is 18.0 Å². The molecule has 0 aliphatic rings. The second kappa shape index (κ2) is 6.39. The van der Waals surface area contributed by atoms with Crippen molar-refractivity contribution in [3.63, 3.8) is 0 Å². The van der Waals surface area contributed by atoms with E-state index in [1.54, 1.807) is 0 Å². The average molecular weight is 254 g/mol. The molecule has 0 fully saturated rings. The van der Waals surface area contributed by atoms with Crippen molar-refractivity contribution in [1.29, 1.82) is 0 Å². The zero-order valence-corrected chi connectivity index (χ0v) is 11.6. The number of carbonyl (C=O) groups excluding carboxylic acids is 1. The topological polar surface area (TPSA) is 95.9 Å². The van der Waals surface area contributed by atoms with E-state index in [0.717, 1.165) is 0 Å². The van der Waals surface area contributed by atoms with Gasteiger partial charge in [-0.3, -0.25) is 4.57 Å². The first kappa shape index (κ1) is 15.6. The maximum absolute atomic E-state index is 11.0. The molecule has 0 heterocycles. The van der Waals surface area contributed by atoms with Gasteiger partial charge in [0.1, 0.15) is 5.75 Å². The first-order valence-corrected chi connectivity index (χ1v) is 5.34. The number of hydrogen-bond donors (Lipinski definition) is 1. The number of hydrogen-bond acceptors (Lipinski definition) is 5. The largest absolute Gasteiger partial charge is 1.00 e. The van der Waals surface area contributed by atoms with Crippen molar-refractivity contribution in [2.75, 3.05) is 7.11 Å². The predicted molar refractivity (Wildman–Crippen MR) is 48.2 cm³/mol. The molecule has 8 heteroatoms. The summed E-state index contributed by atoms with van der Waals surface area (Å²) in [7, 11) is -3.57. The summed E-state index contributed by atoms with van der Waals surface area (Å²) < 4.78 is 18.9. The van der Waals surface area contributed by atoms with Crippen molar-refractivity contribution in [1.82, 2.24) is 0 Å². The third kappa shape index (κ3) is 5.12. The average Bonchev–Trinajstić information content (AvgIpc) is 2.15. The van der Waals surface area contributed by atoms with Gasteiger partial charge >= 0.3 is 43.3 Å². The molecule has 1 rings (SSSR count). The zero-order chi connectivity index (χ0) is 11.5. The number of phosphoric ester groups is 1. The van der Waals surface area contributed by atoms with E-state index in [1.807, 2.05) is 0 Å². The van der Waals surface area contributed by atoms with E-state index in [2.05, 4.69) is 9.26 Å². The number of benzene rings is 1. The molecule has 1 N–H and O–H groups in total.